The monoisotopic (exact) mass is 481 g/mol. The van der Waals surface area contributed by atoms with E-state index in [1.165, 1.54) is 22.3 Å². The number of methoxy groups -OCH3 is 2. The smallest absolute Gasteiger partial charge is 0.412 e. The standard InChI is InChI=1S/C27H35N3O5/c1-28-27(32)35-22-6-5-20-13-21(23(20)16-22)17-29(2)10-9-26(31)30-11-7-18-14-24(33-3)25(34-4)15-19(18)8-12-30/h5-6,14-16,21H,7-13,17H2,1-4H3,(H,28,32). The van der Waals surface area contributed by atoms with Crippen LogP contribution < -0.4 is 19.5 Å². The summed E-state index contributed by atoms with van der Waals surface area (Å²) in [5, 5.41) is 2.47. The highest BCUT2D eigenvalue weighted by molar-refractivity contribution is 5.76. The number of carbonyl (C=O) groups is 2. The van der Waals surface area contributed by atoms with Gasteiger partial charge in [0.15, 0.2) is 11.5 Å². The Balaban J connectivity index is 1.27. The molecule has 1 atom stereocenters. The second-order valence-electron chi connectivity index (χ2n) is 9.27. The Morgan fingerprint density at radius 2 is 1.69 bits per heavy atom. The van der Waals surface area contributed by atoms with E-state index in [9.17, 15) is 9.59 Å². The molecule has 8 nitrogen and oxygen atoms in total. The maximum absolute atomic E-state index is 13.0. The molecule has 0 aromatic heterocycles. The summed E-state index contributed by atoms with van der Waals surface area (Å²) in [5.74, 6) is 2.60. The molecule has 0 bridgehead atoms. The number of hydrogen-bond donors (Lipinski definition) is 1. The van der Waals surface area contributed by atoms with Crippen LogP contribution in [0.1, 0.15) is 34.6 Å². The predicted molar refractivity (Wildman–Crippen MR) is 134 cm³/mol. The Kier molecular flexibility index (Phi) is 7.80. The first-order chi connectivity index (χ1) is 16.9. The van der Waals surface area contributed by atoms with Gasteiger partial charge in [0.05, 0.1) is 14.2 Å². The number of hydrogen-bond acceptors (Lipinski definition) is 6. The zero-order chi connectivity index (χ0) is 24.9. The first-order valence-corrected chi connectivity index (χ1v) is 12.1. The maximum Gasteiger partial charge on any atom is 0.412 e. The SMILES string of the molecule is CNC(=O)Oc1ccc2c(c1)C(CN(C)CCC(=O)N1CCc3cc(OC)c(OC)cc3CC1)C2. The molecule has 0 radical (unpaired) electrons. The molecule has 1 aliphatic carbocycles. The second-order valence-corrected chi connectivity index (χ2v) is 9.27. The molecule has 0 fully saturated rings. The number of amides is 2. The van der Waals surface area contributed by atoms with E-state index in [-0.39, 0.29) is 5.91 Å². The number of likely N-dealkylation sites (N-methyl/N-ethyl adjacent to an activating group) is 1. The molecule has 8 heteroatoms. The molecule has 0 spiro atoms. The number of ether oxygens (including phenoxy) is 3. The quantitative estimate of drug-likeness (QED) is 0.625. The average molecular weight is 482 g/mol. The first kappa shape index (κ1) is 24.9. The summed E-state index contributed by atoms with van der Waals surface area (Å²) in [6.45, 7) is 3.02. The van der Waals surface area contributed by atoms with Crippen LogP contribution in [0.15, 0.2) is 30.3 Å². The molecule has 2 aromatic carbocycles. The van der Waals surface area contributed by atoms with Gasteiger partial charge in [-0.15, -0.1) is 0 Å². The Labute approximate surface area is 207 Å². The van der Waals surface area contributed by atoms with Gasteiger partial charge in [0.2, 0.25) is 5.91 Å². The van der Waals surface area contributed by atoms with Crippen LogP contribution in [0.3, 0.4) is 0 Å². The molecule has 188 valence electrons. The van der Waals surface area contributed by atoms with Gasteiger partial charge in [0.25, 0.3) is 0 Å². The lowest BCUT2D eigenvalue weighted by molar-refractivity contribution is -0.131. The molecule has 1 heterocycles. The Hall–Kier alpha value is -3.26. The van der Waals surface area contributed by atoms with Gasteiger partial charge in [0.1, 0.15) is 5.75 Å². The van der Waals surface area contributed by atoms with Crippen LogP contribution in [0.2, 0.25) is 0 Å². The van der Waals surface area contributed by atoms with E-state index in [1.54, 1.807) is 21.3 Å². The fourth-order valence-electron chi connectivity index (χ4n) is 4.98. The van der Waals surface area contributed by atoms with Gasteiger partial charge >= 0.3 is 6.09 Å². The third kappa shape index (κ3) is 5.70. The highest BCUT2D eigenvalue weighted by atomic mass is 16.6. The van der Waals surface area contributed by atoms with Crippen LogP contribution in [0.4, 0.5) is 4.79 Å². The normalized spacial score (nSPS) is 16.5. The van der Waals surface area contributed by atoms with E-state index in [2.05, 4.69) is 17.3 Å². The maximum atomic E-state index is 13.0. The van der Waals surface area contributed by atoms with Crippen molar-refractivity contribution < 1.29 is 23.8 Å². The molecule has 35 heavy (non-hydrogen) atoms. The molecular formula is C27H35N3O5. The number of nitrogens with one attached hydrogen (secondary N) is 1. The van der Waals surface area contributed by atoms with Gasteiger partial charge in [0, 0.05) is 45.6 Å². The predicted octanol–water partition coefficient (Wildman–Crippen LogP) is 3.01. The minimum atomic E-state index is -0.466. The molecular weight excluding hydrogens is 446 g/mol. The fraction of sp³-hybridized carbons (Fsp3) is 0.481. The molecule has 1 unspecified atom stereocenters. The lowest BCUT2D eigenvalue weighted by Gasteiger charge is -2.34. The van der Waals surface area contributed by atoms with Crippen LogP contribution in [-0.2, 0) is 24.1 Å². The van der Waals surface area contributed by atoms with Crippen molar-refractivity contribution in [2.24, 2.45) is 0 Å². The van der Waals surface area contributed by atoms with Crippen LogP contribution in [-0.4, -0.2) is 76.3 Å². The van der Waals surface area contributed by atoms with Crippen molar-refractivity contribution >= 4 is 12.0 Å². The number of benzene rings is 2. The molecule has 0 saturated heterocycles. The van der Waals surface area contributed by atoms with Crippen LogP contribution in [0.5, 0.6) is 17.2 Å². The summed E-state index contributed by atoms with van der Waals surface area (Å²) in [6.07, 6.45) is 2.67. The number of nitrogens with zero attached hydrogens (tertiary/aromatic N) is 2. The topological polar surface area (TPSA) is 80.3 Å². The summed E-state index contributed by atoms with van der Waals surface area (Å²) in [7, 11) is 6.90. The van der Waals surface area contributed by atoms with Crippen LogP contribution >= 0.6 is 0 Å². The minimum absolute atomic E-state index is 0.193. The lowest BCUT2D eigenvalue weighted by atomic mass is 9.77. The van der Waals surface area contributed by atoms with E-state index >= 15 is 0 Å². The van der Waals surface area contributed by atoms with Crippen LogP contribution in [0, 0.1) is 0 Å². The van der Waals surface area contributed by atoms with E-state index in [1.807, 2.05) is 35.2 Å². The number of rotatable bonds is 8. The molecule has 2 amide bonds. The van der Waals surface area contributed by atoms with Crippen molar-refractivity contribution in [3.8, 4) is 17.2 Å². The van der Waals surface area contributed by atoms with Gasteiger partial charge in [-0.2, -0.15) is 0 Å². The highest BCUT2D eigenvalue weighted by Gasteiger charge is 2.28. The fourth-order valence-corrected chi connectivity index (χ4v) is 4.98. The summed E-state index contributed by atoms with van der Waals surface area (Å²) in [6, 6.07) is 9.89. The van der Waals surface area contributed by atoms with Gasteiger partial charge < -0.3 is 29.3 Å². The third-order valence-electron chi connectivity index (χ3n) is 7.04. The number of carbonyl (C=O) groups excluding carboxylic acids is 2. The molecule has 0 saturated carbocycles. The largest absolute Gasteiger partial charge is 0.493 e. The first-order valence-electron chi connectivity index (χ1n) is 12.1. The Morgan fingerprint density at radius 1 is 1.03 bits per heavy atom. The molecule has 2 aliphatic rings. The van der Waals surface area contributed by atoms with Crippen molar-refractivity contribution in [2.45, 2.75) is 31.6 Å². The van der Waals surface area contributed by atoms with Gasteiger partial charge in [-0.3, -0.25) is 4.79 Å². The average Bonchev–Trinajstić information content (AvgIpc) is 3.07. The van der Waals surface area contributed by atoms with E-state index in [0.717, 1.165) is 50.4 Å². The van der Waals surface area contributed by atoms with Crippen molar-refractivity contribution in [1.82, 2.24) is 15.1 Å². The zero-order valence-electron chi connectivity index (χ0n) is 21.1. The van der Waals surface area contributed by atoms with Crippen molar-refractivity contribution in [3.05, 3.63) is 52.6 Å². The van der Waals surface area contributed by atoms with Gasteiger partial charge in [-0.1, -0.05) is 6.07 Å². The highest BCUT2D eigenvalue weighted by Crippen LogP contribution is 2.38. The summed E-state index contributed by atoms with van der Waals surface area (Å²) >= 11 is 0. The van der Waals surface area contributed by atoms with Gasteiger partial charge in [-0.25, -0.2) is 4.79 Å². The minimum Gasteiger partial charge on any atom is -0.493 e. The van der Waals surface area contributed by atoms with Gasteiger partial charge in [-0.05, 0) is 72.8 Å². The third-order valence-corrected chi connectivity index (χ3v) is 7.04. The van der Waals surface area contributed by atoms with E-state index in [0.29, 0.717) is 24.6 Å². The summed E-state index contributed by atoms with van der Waals surface area (Å²) in [5.41, 5.74) is 4.96. The molecule has 4 rings (SSSR count). The van der Waals surface area contributed by atoms with Crippen molar-refractivity contribution in [3.63, 3.8) is 0 Å². The van der Waals surface area contributed by atoms with Crippen molar-refractivity contribution in [1.29, 1.82) is 0 Å². The molecule has 1 aliphatic heterocycles. The molecule has 1 N–H and O–H groups in total. The Bertz CT molecular complexity index is 1050. The Morgan fingerprint density at radius 3 is 2.29 bits per heavy atom. The second kappa shape index (κ2) is 11.0. The number of fused-ring (bicyclic) bond motifs is 2. The lowest BCUT2D eigenvalue weighted by Crippen LogP contribution is -2.37. The zero-order valence-corrected chi connectivity index (χ0v) is 21.1. The van der Waals surface area contributed by atoms with E-state index in [4.69, 9.17) is 14.2 Å². The summed E-state index contributed by atoms with van der Waals surface area (Å²) in [4.78, 5) is 28.7. The van der Waals surface area contributed by atoms with Crippen molar-refractivity contribution in [2.75, 3.05) is 54.5 Å². The van der Waals surface area contributed by atoms with Crippen LogP contribution in [0.25, 0.3) is 0 Å². The molecule has 2 aromatic rings. The summed E-state index contributed by atoms with van der Waals surface area (Å²) < 4.78 is 16.1. The van der Waals surface area contributed by atoms with E-state index < -0.39 is 6.09 Å².